The van der Waals surface area contributed by atoms with Crippen LogP contribution in [0.2, 0.25) is 0 Å². The highest BCUT2D eigenvalue weighted by molar-refractivity contribution is 7.19. The lowest BCUT2D eigenvalue weighted by atomic mass is 9.86. The van der Waals surface area contributed by atoms with Crippen molar-refractivity contribution in [2.45, 2.75) is 26.2 Å². The molecule has 2 N–H and O–H groups in total. The monoisotopic (exact) mass is 492 g/mol. The van der Waals surface area contributed by atoms with Gasteiger partial charge in [-0.2, -0.15) is 4.98 Å². The molecular formula is C25H28N6O3S. The Labute approximate surface area is 207 Å². The minimum absolute atomic E-state index is 0.0190. The fourth-order valence-electron chi connectivity index (χ4n) is 5.13. The Hall–Kier alpha value is -3.24. The zero-order valence-electron chi connectivity index (χ0n) is 19.9. The number of hydrogen-bond acceptors (Lipinski definition) is 9. The number of amides is 1. The first-order valence-corrected chi connectivity index (χ1v) is 12.8. The smallest absolute Gasteiger partial charge is 0.239 e. The molecule has 1 amide bonds. The molecule has 3 aromatic heterocycles. The molecule has 2 aliphatic heterocycles. The van der Waals surface area contributed by atoms with Gasteiger partial charge in [0.2, 0.25) is 11.8 Å². The number of aromatic nitrogens is 3. The SMILES string of the molecule is COc1nc2c(cc1Nc1ncnc3sc4c(c13)CCC(C(=O)N1CCOCC1)C4)C=C(C)CN2. The molecule has 0 saturated carbocycles. The molecule has 9 nitrogen and oxygen atoms in total. The lowest BCUT2D eigenvalue weighted by Gasteiger charge is -2.31. The van der Waals surface area contributed by atoms with Gasteiger partial charge in [0.15, 0.2) is 0 Å². The van der Waals surface area contributed by atoms with Crippen LogP contribution in [0, 0.1) is 5.92 Å². The van der Waals surface area contributed by atoms with Gasteiger partial charge in [-0.25, -0.2) is 9.97 Å². The van der Waals surface area contributed by atoms with Crippen LogP contribution in [-0.4, -0.2) is 65.7 Å². The summed E-state index contributed by atoms with van der Waals surface area (Å²) in [5, 5.41) is 7.84. The zero-order valence-corrected chi connectivity index (χ0v) is 20.7. The number of aryl methyl sites for hydroxylation is 1. The second kappa shape index (κ2) is 9.09. The van der Waals surface area contributed by atoms with E-state index in [4.69, 9.17) is 9.47 Å². The van der Waals surface area contributed by atoms with E-state index in [0.29, 0.717) is 32.2 Å². The van der Waals surface area contributed by atoms with E-state index in [1.54, 1.807) is 24.8 Å². The fraction of sp³-hybridized carbons (Fsp3) is 0.440. The van der Waals surface area contributed by atoms with Gasteiger partial charge in [0, 0.05) is 36.0 Å². The molecule has 1 aliphatic carbocycles. The number of nitrogens with zero attached hydrogens (tertiary/aromatic N) is 4. The van der Waals surface area contributed by atoms with E-state index in [0.717, 1.165) is 58.9 Å². The average Bonchev–Trinajstić information content (AvgIpc) is 3.27. The van der Waals surface area contributed by atoms with Crippen LogP contribution in [0.5, 0.6) is 5.88 Å². The van der Waals surface area contributed by atoms with E-state index in [-0.39, 0.29) is 11.8 Å². The Kier molecular flexibility index (Phi) is 5.77. The van der Waals surface area contributed by atoms with Gasteiger partial charge in [0.25, 0.3) is 0 Å². The topological polar surface area (TPSA) is 102 Å². The summed E-state index contributed by atoms with van der Waals surface area (Å²) in [5.74, 6) is 2.34. The molecule has 3 aliphatic rings. The van der Waals surface area contributed by atoms with Gasteiger partial charge in [-0.05, 0) is 37.8 Å². The first-order chi connectivity index (χ1) is 17.1. The Morgan fingerprint density at radius 2 is 2.17 bits per heavy atom. The van der Waals surface area contributed by atoms with Crippen molar-refractivity contribution in [3.05, 3.63) is 34.0 Å². The number of pyridine rings is 1. The van der Waals surface area contributed by atoms with Crippen molar-refractivity contribution in [2.75, 3.05) is 50.6 Å². The fourth-order valence-corrected chi connectivity index (χ4v) is 6.40. The van der Waals surface area contributed by atoms with Gasteiger partial charge in [0.1, 0.15) is 28.5 Å². The number of carbonyl (C=O) groups is 1. The second-order valence-electron chi connectivity index (χ2n) is 9.24. The van der Waals surface area contributed by atoms with Crippen LogP contribution in [0.3, 0.4) is 0 Å². The number of rotatable bonds is 4. The van der Waals surface area contributed by atoms with Crippen LogP contribution < -0.4 is 15.4 Å². The van der Waals surface area contributed by atoms with Gasteiger partial charge < -0.3 is 25.0 Å². The molecule has 0 spiro atoms. The molecule has 1 saturated heterocycles. The van der Waals surface area contributed by atoms with Crippen LogP contribution in [0.4, 0.5) is 17.3 Å². The zero-order chi connectivity index (χ0) is 23.9. The van der Waals surface area contributed by atoms with Crippen molar-refractivity contribution in [2.24, 2.45) is 5.92 Å². The van der Waals surface area contributed by atoms with Gasteiger partial charge in [-0.1, -0.05) is 11.6 Å². The molecule has 0 bridgehead atoms. The molecule has 35 heavy (non-hydrogen) atoms. The predicted molar refractivity (Wildman–Crippen MR) is 137 cm³/mol. The van der Waals surface area contributed by atoms with Crippen LogP contribution in [0.1, 0.15) is 29.3 Å². The van der Waals surface area contributed by atoms with Crippen LogP contribution in [-0.2, 0) is 22.4 Å². The Bertz CT molecular complexity index is 1330. The number of methoxy groups -OCH3 is 1. The molecule has 6 rings (SSSR count). The van der Waals surface area contributed by atoms with Crippen molar-refractivity contribution in [3.63, 3.8) is 0 Å². The summed E-state index contributed by atoms with van der Waals surface area (Å²) in [4.78, 5) is 31.0. The van der Waals surface area contributed by atoms with Crippen molar-refractivity contribution in [3.8, 4) is 5.88 Å². The van der Waals surface area contributed by atoms with E-state index in [1.165, 1.54) is 16.0 Å². The standard InChI is InChI=1S/C25H28N6O3S/c1-14-9-16-10-18(23(33-2)30-21(16)26-12-14)29-22-20-17-4-3-15(25(32)31-5-7-34-8-6-31)11-19(17)35-24(20)28-13-27-22/h9-10,13,15H,3-8,11-12H2,1-2H3,(H,26,30)(H,27,28,29). The predicted octanol–water partition coefficient (Wildman–Crippen LogP) is 3.63. The minimum Gasteiger partial charge on any atom is -0.479 e. The summed E-state index contributed by atoms with van der Waals surface area (Å²) in [6, 6.07) is 2.04. The molecule has 1 fully saturated rings. The molecule has 3 aromatic rings. The van der Waals surface area contributed by atoms with Crippen molar-refractivity contribution < 1.29 is 14.3 Å². The third kappa shape index (κ3) is 4.10. The Morgan fingerprint density at radius 3 is 3.00 bits per heavy atom. The Balaban J connectivity index is 1.32. The number of nitrogens with one attached hydrogen (secondary N) is 2. The third-order valence-corrected chi connectivity index (χ3v) is 8.08. The summed E-state index contributed by atoms with van der Waals surface area (Å²) in [6.45, 7) is 5.51. The van der Waals surface area contributed by atoms with E-state index in [9.17, 15) is 4.79 Å². The molecule has 5 heterocycles. The maximum Gasteiger partial charge on any atom is 0.239 e. The van der Waals surface area contributed by atoms with Gasteiger partial charge in [0.05, 0.1) is 25.7 Å². The van der Waals surface area contributed by atoms with Crippen molar-refractivity contribution in [1.82, 2.24) is 19.9 Å². The van der Waals surface area contributed by atoms with Gasteiger partial charge >= 0.3 is 0 Å². The van der Waals surface area contributed by atoms with E-state index >= 15 is 0 Å². The molecule has 1 atom stereocenters. The molecule has 0 aromatic carbocycles. The maximum absolute atomic E-state index is 13.1. The van der Waals surface area contributed by atoms with Crippen LogP contribution in [0.15, 0.2) is 18.0 Å². The number of carbonyl (C=O) groups excluding carboxylic acids is 1. The average molecular weight is 493 g/mol. The number of hydrogen-bond donors (Lipinski definition) is 2. The minimum atomic E-state index is 0.0190. The molecular weight excluding hydrogens is 464 g/mol. The van der Waals surface area contributed by atoms with Gasteiger partial charge in [-0.3, -0.25) is 4.79 Å². The van der Waals surface area contributed by atoms with Gasteiger partial charge in [-0.15, -0.1) is 11.3 Å². The normalized spacial score (nSPS) is 19.4. The van der Waals surface area contributed by atoms with E-state index < -0.39 is 0 Å². The van der Waals surface area contributed by atoms with E-state index in [1.807, 2.05) is 11.0 Å². The Morgan fingerprint density at radius 1 is 1.31 bits per heavy atom. The number of morpholine rings is 1. The highest BCUT2D eigenvalue weighted by atomic mass is 32.1. The lowest BCUT2D eigenvalue weighted by molar-refractivity contribution is -0.140. The van der Waals surface area contributed by atoms with Crippen molar-refractivity contribution in [1.29, 1.82) is 0 Å². The highest BCUT2D eigenvalue weighted by Crippen LogP contribution is 2.42. The number of anilines is 3. The molecule has 10 heteroatoms. The first kappa shape index (κ1) is 22.2. The highest BCUT2D eigenvalue weighted by Gasteiger charge is 2.32. The number of thiophene rings is 1. The summed E-state index contributed by atoms with van der Waals surface area (Å²) >= 11 is 1.67. The largest absolute Gasteiger partial charge is 0.479 e. The maximum atomic E-state index is 13.1. The first-order valence-electron chi connectivity index (χ1n) is 12.0. The lowest BCUT2D eigenvalue weighted by Crippen LogP contribution is -2.44. The van der Waals surface area contributed by atoms with Crippen LogP contribution in [0.25, 0.3) is 16.3 Å². The third-order valence-electron chi connectivity index (χ3n) is 6.92. The van der Waals surface area contributed by atoms with Crippen molar-refractivity contribution >= 4 is 50.9 Å². The molecule has 1 unspecified atom stereocenters. The van der Waals surface area contributed by atoms with E-state index in [2.05, 4.69) is 38.6 Å². The number of ether oxygens (including phenoxy) is 2. The number of fused-ring (bicyclic) bond motifs is 4. The summed E-state index contributed by atoms with van der Waals surface area (Å²) in [6.07, 6.45) is 6.15. The van der Waals surface area contributed by atoms with Crippen LogP contribution >= 0.6 is 11.3 Å². The summed E-state index contributed by atoms with van der Waals surface area (Å²) in [7, 11) is 1.62. The quantitative estimate of drug-likeness (QED) is 0.569. The molecule has 0 radical (unpaired) electrons. The summed E-state index contributed by atoms with van der Waals surface area (Å²) < 4.78 is 11.0. The molecule has 182 valence electrons. The summed E-state index contributed by atoms with van der Waals surface area (Å²) in [5.41, 5.74) is 4.27. The second-order valence-corrected chi connectivity index (χ2v) is 10.3.